The van der Waals surface area contributed by atoms with Crippen LogP contribution in [0.3, 0.4) is 0 Å². The van der Waals surface area contributed by atoms with E-state index in [2.05, 4.69) is 10.5 Å². The number of carbonyl (C=O) groups excluding carboxylic acids is 3. The monoisotopic (exact) mass is 383 g/mol. The molecule has 3 rings (SSSR count). The summed E-state index contributed by atoms with van der Waals surface area (Å²) in [7, 11) is 0. The Hall–Kier alpha value is -2.96. The number of aromatic nitrogens is 1. The first-order valence-corrected chi connectivity index (χ1v) is 9.47. The molecular formula is C21H25N3O4. The maximum atomic E-state index is 12.9. The maximum Gasteiger partial charge on any atom is 0.262 e. The summed E-state index contributed by atoms with van der Waals surface area (Å²) < 4.78 is 5.14. The van der Waals surface area contributed by atoms with Gasteiger partial charge in [0.25, 0.3) is 11.8 Å². The highest BCUT2D eigenvalue weighted by atomic mass is 16.5. The molecule has 2 aromatic rings. The van der Waals surface area contributed by atoms with Crippen molar-refractivity contribution in [1.82, 2.24) is 15.4 Å². The number of carbonyl (C=O) groups is 3. The number of amides is 3. The Bertz CT molecular complexity index is 862. The first kappa shape index (κ1) is 19.8. The summed E-state index contributed by atoms with van der Waals surface area (Å²) >= 11 is 0. The molecule has 0 aliphatic carbocycles. The van der Waals surface area contributed by atoms with Gasteiger partial charge in [-0.25, -0.2) is 0 Å². The third kappa shape index (κ3) is 3.69. The molecule has 3 amide bonds. The van der Waals surface area contributed by atoms with Crippen LogP contribution in [0.2, 0.25) is 0 Å². The van der Waals surface area contributed by atoms with Gasteiger partial charge in [-0.3, -0.25) is 19.3 Å². The van der Waals surface area contributed by atoms with Crippen LogP contribution in [0, 0.1) is 19.8 Å². The molecule has 1 aliphatic rings. The molecule has 7 nitrogen and oxygen atoms in total. The minimum absolute atomic E-state index is 0.141. The van der Waals surface area contributed by atoms with Crippen LogP contribution >= 0.6 is 0 Å². The zero-order chi connectivity index (χ0) is 20.4. The lowest BCUT2D eigenvalue weighted by Crippen LogP contribution is -2.50. The average molecular weight is 383 g/mol. The summed E-state index contributed by atoms with van der Waals surface area (Å²) in [5.41, 5.74) is 2.46. The summed E-state index contributed by atoms with van der Waals surface area (Å²) in [6.45, 7) is 7.98. The van der Waals surface area contributed by atoms with Crippen molar-refractivity contribution in [2.75, 3.05) is 6.54 Å². The summed E-state index contributed by atoms with van der Waals surface area (Å²) in [6.07, 6.45) is 0.978. The summed E-state index contributed by atoms with van der Waals surface area (Å²) in [4.78, 5) is 39.6. The SMILES string of the molecule is Cc1noc(C)c1CCNC(=O)C(CC(C)C)N1C(=O)c2ccccc2C1=O. The number of imide groups is 1. The van der Waals surface area contributed by atoms with Crippen molar-refractivity contribution in [2.45, 2.75) is 46.6 Å². The first-order chi connectivity index (χ1) is 13.3. The molecule has 1 unspecified atom stereocenters. The molecule has 28 heavy (non-hydrogen) atoms. The van der Waals surface area contributed by atoms with Crippen LogP contribution in [0.1, 0.15) is 58.0 Å². The van der Waals surface area contributed by atoms with Gasteiger partial charge in [-0.1, -0.05) is 31.1 Å². The van der Waals surface area contributed by atoms with Gasteiger partial charge < -0.3 is 9.84 Å². The van der Waals surface area contributed by atoms with E-state index in [4.69, 9.17) is 4.52 Å². The fourth-order valence-corrected chi connectivity index (χ4v) is 3.55. The quantitative estimate of drug-likeness (QED) is 0.742. The normalized spacial score (nSPS) is 14.5. The van der Waals surface area contributed by atoms with Gasteiger partial charge in [0.1, 0.15) is 11.8 Å². The summed E-state index contributed by atoms with van der Waals surface area (Å²) in [6, 6.07) is 5.84. The van der Waals surface area contributed by atoms with E-state index in [9.17, 15) is 14.4 Å². The molecule has 0 bridgehead atoms. The van der Waals surface area contributed by atoms with Crippen LogP contribution in [0.4, 0.5) is 0 Å². The van der Waals surface area contributed by atoms with Crippen molar-refractivity contribution in [3.05, 3.63) is 52.4 Å². The zero-order valence-electron chi connectivity index (χ0n) is 16.6. The van der Waals surface area contributed by atoms with Crippen molar-refractivity contribution in [2.24, 2.45) is 5.92 Å². The molecule has 1 aromatic heterocycles. The number of hydrogen-bond donors (Lipinski definition) is 1. The van der Waals surface area contributed by atoms with Gasteiger partial charge >= 0.3 is 0 Å². The van der Waals surface area contributed by atoms with E-state index in [0.29, 0.717) is 30.5 Å². The van der Waals surface area contributed by atoms with Gasteiger partial charge in [0.15, 0.2) is 0 Å². The highest BCUT2D eigenvalue weighted by Crippen LogP contribution is 2.27. The van der Waals surface area contributed by atoms with Gasteiger partial charge in [0.05, 0.1) is 16.8 Å². The van der Waals surface area contributed by atoms with Gasteiger partial charge in [-0.2, -0.15) is 0 Å². The summed E-state index contributed by atoms with van der Waals surface area (Å²) in [5, 5.41) is 6.78. The van der Waals surface area contributed by atoms with Crippen molar-refractivity contribution >= 4 is 17.7 Å². The lowest BCUT2D eigenvalue weighted by atomic mass is 10.0. The van der Waals surface area contributed by atoms with E-state index in [1.165, 1.54) is 0 Å². The number of benzene rings is 1. The standard InChI is InChI=1S/C21H25N3O4/c1-12(2)11-18(19(25)22-10-9-15-13(3)23-28-14(15)4)24-20(26)16-7-5-6-8-17(16)21(24)27/h5-8,12,18H,9-11H2,1-4H3,(H,22,25). The Kier molecular flexibility index (Phi) is 5.63. The molecule has 0 saturated carbocycles. The topological polar surface area (TPSA) is 92.5 Å². The minimum Gasteiger partial charge on any atom is -0.361 e. The lowest BCUT2D eigenvalue weighted by Gasteiger charge is -2.26. The minimum atomic E-state index is -0.836. The van der Waals surface area contributed by atoms with E-state index in [1.807, 2.05) is 27.7 Å². The highest BCUT2D eigenvalue weighted by Gasteiger charge is 2.42. The number of rotatable bonds is 7. The predicted molar refractivity (Wildman–Crippen MR) is 103 cm³/mol. The molecule has 2 heterocycles. The molecule has 0 fully saturated rings. The first-order valence-electron chi connectivity index (χ1n) is 9.47. The van der Waals surface area contributed by atoms with Crippen molar-refractivity contribution < 1.29 is 18.9 Å². The van der Waals surface area contributed by atoms with Crippen LogP contribution in [-0.4, -0.2) is 40.4 Å². The van der Waals surface area contributed by atoms with Gasteiger partial charge in [-0.05, 0) is 44.7 Å². The van der Waals surface area contributed by atoms with Crippen molar-refractivity contribution in [3.63, 3.8) is 0 Å². The molecule has 1 aromatic carbocycles. The van der Waals surface area contributed by atoms with Crippen LogP contribution in [-0.2, 0) is 11.2 Å². The van der Waals surface area contributed by atoms with Gasteiger partial charge in [0.2, 0.25) is 5.91 Å². The van der Waals surface area contributed by atoms with E-state index < -0.39 is 17.9 Å². The number of nitrogens with one attached hydrogen (secondary N) is 1. The smallest absolute Gasteiger partial charge is 0.262 e. The fraction of sp³-hybridized carbons (Fsp3) is 0.429. The molecule has 0 spiro atoms. The zero-order valence-corrected chi connectivity index (χ0v) is 16.6. The van der Waals surface area contributed by atoms with Crippen LogP contribution in [0.5, 0.6) is 0 Å². The van der Waals surface area contributed by atoms with Crippen LogP contribution in [0.15, 0.2) is 28.8 Å². The van der Waals surface area contributed by atoms with Crippen molar-refractivity contribution in [1.29, 1.82) is 0 Å². The van der Waals surface area contributed by atoms with Gasteiger partial charge in [0, 0.05) is 12.1 Å². The second-order valence-electron chi connectivity index (χ2n) is 7.51. The third-order valence-corrected chi connectivity index (χ3v) is 4.99. The van der Waals surface area contributed by atoms with E-state index in [1.54, 1.807) is 24.3 Å². The molecule has 148 valence electrons. The fourth-order valence-electron chi connectivity index (χ4n) is 3.55. The lowest BCUT2D eigenvalue weighted by molar-refractivity contribution is -0.125. The molecule has 0 saturated heterocycles. The molecule has 7 heteroatoms. The number of nitrogens with zero attached hydrogens (tertiary/aromatic N) is 2. The van der Waals surface area contributed by atoms with Crippen LogP contribution in [0.25, 0.3) is 0 Å². The Morgan fingerprint density at radius 3 is 2.25 bits per heavy atom. The van der Waals surface area contributed by atoms with Crippen LogP contribution < -0.4 is 5.32 Å². The second-order valence-corrected chi connectivity index (χ2v) is 7.51. The maximum absolute atomic E-state index is 12.9. The number of aryl methyl sites for hydroxylation is 2. The van der Waals surface area contributed by atoms with Crippen molar-refractivity contribution in [3.8, 4) is 0 Å². The largest absolute Gasteiger partial charge is 0.361 e. The number of hydrogen-bond acceptors (Lipinski definition) is 5. The Balaban J connectivity index is 1.74. The molecule has 1 atom stereocenters. The van der Waals surface area contributed by atoms with Gasteiger partial charge in [-0.15, -0.1) is 0 Å². The average Bonchev–Trinajstić information content (AvgIpc) is 3.11. The molecule has 1 aliphatic heterocycles. The van der Waals surface area contributed by atoms with E-state index in [-0.39, 0.29) is 11.8 Å². The highest BCUT2D eigenvalue weighted by molar-refractivity contribution is 6.22. The summed E-state index contributed by atoms with van der Waals surface area (Å²) in [5.74, 6) is -0.275. The Labute approximate surface area is 164 Å². The number of fused-ring (bicyclic) bond motifs is 1. The van der Waals surface area contributed by atoms with E-state index in [0.717, 1.165) is 21.9 Å². The third-order valence-electron chi connectivity index (χ3n) is 4.99. The van der Waals surface area contributed by atoms with E-state index >= 15 is 0 Å². The molecular weight excluding hydrogens is 358 g/mol. The Morgan fingerprint density at radius 2 is 1.75 bits per heavy atom. The second kappa shape index (κ2) is 7.96. The molecule has 1 N–H and O–H groups in total. The molecule has 0 radical (unpaired) electrons. The Morgan fingerprint density at radius 1 is 1.14 bits per heavy atom. The predicted octanol–water partition coefficient (Wildman–Crippen LogP) is 2.66.